The van der Waals surface area contributed by atoms with Crippen molar-refractivity contribution in [2.75, 3.05) is 5.01 Å². The van der Waals surface area contributed by atoms with Crippen molar-refractivity contribution in [3.05, 3.63) is 106 Å². The van der Waals surface area contributed by atoms with Crippen molar-refractivity contribution in [3.8, 4) is 0 Å². The molecule has 134 valence electrons. The number of hydrazone groups is 1. The lowest BCUT2D eigenvalue weighted by Crippen LogP contribution is -2.18. The van der Waals surface area contributed by atoms with Crippen LogP contribution in [0.2, 0.25) is 0 Å². The molecule has 6 heteroatoms. The smallest absolute Gasteiger partial charge is 0.258 e. The van der Waals surface area contributed by atoms with Crippen molar-refractivity contribution < 1.29 is 9.31 Å². The standard InChI is InChI=1S/C21H16FN3O2/c22-17-10-6-16(7-11-17)21-14-20(15-8-12-19(13-9-15)25(26)27)23-24(21)18-4-2-1-3-5-18/h1-13,21H,14H2/t21-/m1/s1. The first-order valence-electron chi connectivity index (χ1n) is 8.54. The number of hydrogen-bond acceptors (Lipinski definition) is 4. The van der Waals surface area contributed by atoms with E-state index in [2.05, 4.69) is 0 Å². The first-order chi connectivity index (χ1) is 13.1. The molecular weight excluding hydrogens is 345 g/mol. The number of benzene rings is 3. The van der Waals surface area contributed by atoms with Crippen LogP contribution in [0.4, 0.5) is 15.8 Å². The normalized spacial score (nSPS) is 16.3. The minimum atomic E-state index is -0.419. The van der Waals surface area contributed by atoms with E-state index in [1.807, 2.05) is 35.3 Å². The van der Waals surface area contributed by atoms with E-state index < -0.39 is 4.92 Å². The lowest BCUT2D eigenvalue weighted by Gasteiger charge is -2.23. The molecule has 0 unspecified atom stereocenters. The van der Waals surface area contributed by atoms with Crippen LogP contribution in [-0.2, 0) is 0 Å². The maximum Gasteiger partial charge on any atom is 0.269 e. The van der Waals surface area contributed by atoms with Crippen LogP contribution in [-0.4, -0.2) is 10.6 Å². The Morgan fingerprint density at radius 3 is 2.26 bits per heavy atom. The Labute approximate surface area is 155 Å². The topological polar surface area (TPSA) is 58.7 Å². The van der Waals surface area contributed by atoms with Gasteiger partial charge < -0.3 is 0 Å². The maximum atomic E-state index is 13.3. The van der Waals surface area contributed by atoms with E-state index >= 15 is 0 Å². The summed E-state index contributed by atoms with van der Waals surface area (Å²) in [7, 11) is 0. The van der Waals surface area contributed by atoms with Crippen LogP contribution in [0.1, 0.15) is 23.6 Å². The zero-order chi connectivity index (χ0) is 18.8. The van der Waals surface area contributed by atoms with Gasteiger partial charge in [0.05, 0.1) is 22.4 Å². The van der Waals surface area contributed by atoms with Crippen LogP contribution < -0.4 is 5.01 Å². The molecule has 27 heavy (non-hydrogen) atoms. The molecule has 1 heterocycles. The molecule has 1 aliphatic heterocycles. The quantitative estimate of drug-likeness (QED) is 0.480. The summed E-state index contributed by atoms with van der Waals surface area (Å²) in [4.78, 5) is 10.5. The van der Waals surface area contributed by atoms with Gasteiger partial charge in [0.25, 0.3) is 5.69 Å². The lowest BCUT2D eigenvalue weighted by molar-refractivity contribution is -0.384. The summed E-state index contributed by atoms with van der Waals surface area (Å²) < 4.78 is 13.3. The highest BCUT2D eigenvalue weighted by atomic mass is 19.1. The van der Waals surface area contributed by atoms with Gasteiger partial charge in [0.2, 0.25) is 0 Å². The van der Waals surface area contributed by atoms with Gasteiger partial charge in [-0.05, 0) is 47.5 Å². The number of anilines is 1. The number of nitrogens with zero attached hydrogens (tertiary/aromatic N) is 3. The molecule has 3 aromatic rings. The second-order valence-corrected chi connectivity index (χ2v) is 6.30. The summed E-state index contributed by atoms with van der Waals surface area (Å²) >= 11 is 0. The van der Waals surface area contributed by atoms with Crippen molar-refractivity contribution in [1.29, 1.82) is 0 Å². The highest BCUT2D eigenvalue weighted by molar-refractivity contribution is 6.03. The molecule has 0 radical (unpaired) electrons. The summed E-state index contributed by atoms with van der Waals surface area (Å²) in [5, 5.41) is 17.6. The first kappa shape index (κ1) is 16.9. The summed E-state index contributed by atoms with van der Waals surface area (Å²) in [6, 6.07) is 22.5. The molecule has 5 nitrogen and oxygen atoms in total. The van der Waals surface area contributed by atoms with E-state index in [0.29, 0.717) is 6.42 Å². The van der Waals surface area contributed by atoms with E-state index in [9.17, 15) is 14.5 Å². The summed E-state index contributed by atoms with van der Waals surface area (Å²) in [5.74, 6) is -0.278. The fourth-order valence-electron chi connectivity index (χ4n) is 3.22. The Morgan fingerprint density at radius 1 is 0.963 bits per heavy atom. The van der Waals surface area contributed by atoms with Gasteiger partial charge in [-0.3, -0.25) is 15.1 Å². The highest BCUT2D eigenvalue weighted by Gasteiger charge is 2.30. The second kappa shape index (κ2) is 6.99. The number of non-ortho nitro benzene ring substituents is 1. The number of nitro groups is 1. The van der Waals surface area contributed by atoms with Crippen LogP contribution in [0.15, 0.2) is 84.0 Å². The van der Waals surface area contributed by atoms with Gasteiger partial charge in [-0.25, -0.2) is 4.39 Å². The van der Waals surface area contributed by atoms with Crippen LogP contribution >= 0.6 is 0 Å². The van der Waals surface area contributed by atoms with Gasteiger partial charge in [0, 0.05) is 18.6 Å². The van der Waals surface area contributed by atoms with Crippen molar-refractivity contribution in [3.63, 3.8) is 0 Å². The molecule has 0 saturated heterocycles. The molecular formula is C21H16FN3O2. The lowest BCUT2D eigenvalue weighted by atomic mass is 9.98. The molecule has 0 saturated carbocycles. The average molecular weight is 361 g/mol. The molecule has 4 rings (SSSR count). The molecule has 0 aliphatic carbocycles. The fourth-order valence-corrected chi connectivity index (χ4v) is 3.22. The van der Waals surface area contributed by atoms with E-state index in [1.54, 1.807) is 24.3 Å². The minimum absolute atomic E-state index is 0.0485. The molecule has 3 aromatic carbocycles. The zero-order valence-electron chi connectivity index (χ0n) is 14.3. The molecule has 0 N–H and O–H groups in total. The van der Waals surface area contributed by atoms with Crippen molar-refractivity contribution in [1.82, 2.24) is 0 Å². The summed E-state index contributed by atoms with van der Waals surface area (Å²) in [6.07, 6.45) is 0.623. The van der Waals surface area contributed by atoms with E-state index in [1.165, 1.54) is 24.3 Å². The molecule has 1 aliphatic rings. The number of hydrogen-bond donors (Lipinski definition) is 0. The third-order valence-corrected chi connectivity index (χ3v) is 4.60. The fraction of sp³-hybridized carbons (Fsp3) is 0.0952. The van der Waals surface area contributed by atoms with Gasteiger partial charge in [-0.1, -0.05) is 30.3 Å². The summed E-state index contributed by atoms with van der Waals surface area (Å²) in [5.41, 5.74) is 3.62. The van der Waals surface area contributed by atoms with E-state index in [-0.39, 0.29) is 17.5 Å². The van der Waals surface area contributed by atoms with Gasteiger partial charge in [-0.2, -0.15) is 5.10 Å². The SMILES string of the molecule is O=[N+]([O-])c1ccc(C2=NN(c3ccccc3)[C@@H](c3ccc(F)cc3)C2)cc1. The van der Waals surface area contributed by atoms with Gasteiger partial charge in [0.1, 0.15) is 5.82 Å². The van der Waals surface area contributed by atoms with Crippen molar-refractivity contribution in [2.45, 2.75) is 12.5 Å². The Morgan fingerprint density at radius 2 is 1.63 bits per heavy atom. The highest BCUT2D eigenvalue weighted by Crippen LogP contribution is 2.36. The molecule has 0 spiro atoms. The van der Waals surface area contributed by atoms with Crippen molar-refractivity contribution >= 4 is 17.1 Å². The minimum Gasteiger partial charge on any atom is -0.258 e. The largest absolute Gasteiger partial charge is 0.269 e. The van der Waals surface area contributed by atoms with E-state index in [0.717, 1.165) is 22.5 Å². The first-order valence-corrected chi connectivity index (χ1v) is 8.54. The maximum absolute atomic E-state index is 13.3. The number of rotatable bonds is 4. The second-order valence-electron chi connectivity index (χ2n) is 6.30. The van der Waals surface area contributed by atoms with Gasteiger partial charge in [-0.15, -0.1) is 0 Å². The number of halogens is 1. The molecule has 0 amide bonds. The molecule has 0 bridgehead atoms. The van der Waals surface area contributed by atoms with Gasteiger partial charge in [0.15, 0.2) is 0 Å². The Kier molecular flexibility index (Phi) is 4.38. The average Bonchev–Trinajstić information content (AvgIpc) is 3.15. The van der Waals surface area contributed by atoms with Gasteiger partial charge >= 0.3 is 0 Å². The third kappa shape index (κ3) is 3.42. The van der Waals surface area contributed by atoms with E-state index in [4.69, 9.17) is 5.10 Å². The van der Waals surface area contributed by atoms with Crippen LogP contribution in [0.5, 0.6) is 0 Å². The Hall–Kier alpha value is -3.54. The van der Waals surface area contributed by atoms with Crippen molar-refractivity contribution in [2.24, 2.45) is 5.10 Å². The Balaban J connectivity index is 1.71. The monoisotopic (exact) mass is 361 g/mol. The van der Waals surface area contributed by atoms with Crippen LogP contribution in [0.3, 0.4) is 0 Å². The van der Waals surface area contributed by atoms with Crippen LogP contribution in [0.25, 0.3) is 0 Å². The molecule has 0 aromatic heterocycles. The third-order valence-electron chi connectivity index (χ3n) is 4.60. The van der Waals surface area contributed by atoms with Crippen LogP contribution in [0, 0.1) is 15.9 Å². The predicted octanol–water partition coefficient (Wildman–Crippen LogP) is 5.09. The number of para-hydroxylation sites is 1. The molecule has 0 fully saturated rings. The molecule has 1 atom stereocenters. The Bertz CT molecular complexity index is 986. The summed E-state index contributed by atoms with van der Waals surface area (Å²) in [6.45, 7) is 0. The predicted molar refractivity (Wildman–Crippen MR) is 102 cm³/mol. The number of nitro benzene ring substituents is 1. The zero-order valence-corrected chi connectivity index (χ0v) is 14.3.